The van der Waals surface area contributed by atoms with Gasteiger partial charge in [0.05, 0.1) is 6.04 Å². The van der Waals surface area contributed by atoms with Gasteiger partial charge in [-0.05, 0) is 98.4 Å². The number of pyridine rings is 2. The predicted octanol–water partition coefficient (Wildman–Crippen LogP) is 5.55. The van der Waals surface area contributed by atoms with E-state index < -0.39 is 0 Å². The smallest absolute Gasteiger partial charge is 0.259 e. The molecule has 170 valence electrons. The highest BCUT2D eigenvalue weighted by atomic mass is 16.1. The predicted molar refractivity (Wildman–Crippen MR) is 130 cm³/mol. The lowest BCUT2D eigenvalue weighted by Gasteiger charge is -2.56. The minimum Gasteiger partial charge on any atom is -0.325 e. The number of benzene rings is 1. The summed E-state index contributed by atoms with van der Waals surface area (Å²) < 4.78 is 1.74. The molecule has 4 aliphatic rings. The molecule has 2 aromatic heterocycles. The molecule has 0 saturated heterocycles. The van der Waals surface area contributed by atoms with Crippen LogP contribution in [-0.2, 0) is 4.79 Å². The van der Waals surface area contributed by atoms with Crippen molar-refractivity contribution < 1.29 is 4.79 Å². The second-order valence-corrected chi connectivity index (χ2v) is 10.9. The molecule has 2 heterocycles. The molecule has 33 heavy (non-hydrogen) atoms. The van der Waals surface area contributed by atoms with Crippen molar-refractivity contribution in [2.45, 2.75) is 57.9 Å². The fourth-order valence-corrected chi connectivity index (χ4v) is 7.53. The van der Waals surface area contributed by atoms with Crippen LogP contribution in [0.3, 0.4) is 0 Å². The third-order valence-corrected chi connectivity index (χ3v) is 8.53. The Morgan fingerprint density at radius 1 is 1.06 bits per heavy atom. The van der Waals surface area contributed by atoms with Crippen LogP contribution in [0.2, 0.25) is 0 Å². The van der Waals surface area contributed by atoms with Gasteiger partial charge in [0, 0.05) is 41.5 Å². The molecule has 1 aromatic carbocycles. The van der Waals surface area contributed by atoms with Gasteiger partial charge in [0.15, 0.2) is 0 Å². The highest BCUT2D eigenvalue weighted by Crippen LogP contribution is 2.61. The molecule has 5 nitrogen and oxygen atoms in total. The van der Waals surface area contributed by atoms with Crippen LogP contribution in [0.15, 0.2) is 59.8 Å². The van der Waals surface area contributed by atoms with Crippen molar-refractivity contribution >= 4 is 22.4 Å². The third-order valence-electron chi connectivity index (χ3n) is 8.53. The summed E-state index contributed by atoms with van der Waals surface area (Å²) in [7, 11) is 0. The van der Waals surface area contributed by atoms with Gasteiger partial charge in [-0.3, -0.25) is 14.6 Å². The number of hydrogen-bond donors (Lipinski definition) is 1. The summed E-state index contributed by atoms with van der Waals surface area (Å²) in [6.07, 6.45) is 13.8. The van der Waals surface area contributed by atoms with E-state index in [1.807, 2.05) is 49.5 Å². The maximum Gasteiger partial charge on any atom is 0.259 e. The Balaban J connectivity index is 1.25. The Bertz CT molecular complexity index is 1230. The van der Waals surface area contributed by atoms with Gasteiger partial charge < -0.3 is 9.88 Å². The number of fused-ring (bicyclic) bond motifs is 1. The first-order valence-corrected chi connectivity index (χ1v) is 12.3. The number of aromatic nitrogens is 2. The van der Waals surface area contributed by atoms with Crippen LogP contribution in [0.1, 0.15) is 63.5 Å². The van der Waals surface area contributed by atoms with Crippen molar-refractivity contribution in [3.8, 4) is 0 Å². The van der Waals surface area contributed by atoms with Gasteiger partial charge in [-0.2, -0.15) is 0 Å². The minimum absolute atomic E-state index is 0.0546. The van der Waals surface area contributed by atoms with Crippen LogP contribution >= 0.6 is 0 Å². The van der Waals surface area contributed by atoms with Crippen molar-refractivity contribution in [1.82, 2.24) is 9.55 Å². The normalized spacial score (nSPS) is 28.7. The first-order valence-electron chi connectivity index (χ1n) is 12.3. The van der Waals surface area contributed by atoms with E-state index in [1.165, 1.54) is 38.5 Å². The second kappa shape index (κ2) is 7.82. The standard InChI is InChI=1S/C28H31N3O2/c1-18(22-4-3-8-29-17-22)31-9-7-23-24(27(31)33)5-2-6-25(23)30-26(32)16-28-13-19-10-20(14-28)12-21(11-19)15-28/h2-9,17-21H,10-16H2,1H3,(H,30,32). The van der Waals surface area contributed by atoms with Crippen molar-refractivity contribution in [3.05, 3.63) is 70.9 Å². The zero-order valence-electron chi connectivity index (χ0n) is 19.2. The molecule has 0 spiro atoms. The maximum atomic E-state index is 13.3. The van der Waals surface area contributed by atoms with Crippen LogP contribution in [0, 0.1) is 23.2 Å². The van der Waals surface area contributed by atoms with E-state index >= 15 is 0 Å². The van der Waals surface area contributed by atoms with Crippen molar-refractivity contribution in [3.63, 3.8) is 0 Å². The molecule has 0 aliphatic heterocycles. The molecule has 0 radical (unpaired) electrons. The topological polar surface area (TPSA) is 64.0 Å². The number of nitrogens with one attached hydrogen (secondary N) is 1. The van der Waals surface area contributed by atoms with Crippen LogP contribution in [-0.4, -0.2) is 15.5 Å². The molecule has 4 bridgehead atoms. The zero-order valence-corrected chi connectivity index (χ0v) is 19.2. The summed E-state index contributed by atoms with van der Waals surface area (Å²) in [5.74, 6) is 2.60. The molecule has 4 fully saturated rings. The number of carbonyl (C=O) groups excluding carboxylic acids is 1. The average molecular weight is 442 g/mol. The molecule has 3 aromatic rings. The first-order chi connectivity index (χ1) is 16.0. The molecular formula is C28H31N3O2. The quantitative estimate of drug-likeness (QED) is 0.564. The lowest BCUT2D eigenvalue weighted by molar-refractivity contribution is -0.124. The highest BCUT2D eigenvalue weighted by molar-refractivity contribution is 6.02. The number of carbonyl (C=O) groups is 1. The monoisotopic (exact) mass is 441 g/mol. The number of hydrogen-bond acceptors (Lipinski definition) is 3. The Morgan fingerprint density at radius 2 is 1.79 bits per heavy atom. The van der Waals surface area contributed by atoms with Gasteiger partial charge in [-0.15, -0.1) is 0 Å². The van der Waals surface area contributed by atoms with E-state index in [2.05, 4.69) is 10.3 Å². The van der Waals surface area contributed by atoms with Gasteiger partial charge in [0.25, 0.3) is 5.56 Å². The SMILES string of the molecule is CC(c1cccnc1)n1ccc2c(NC(=O)CC34CC5CC(CC(C5)C3)C4)cccc2c1=O. The average Bonchev–Trinajstić information content (AvgIpc) is 2.78. The van der Waals surface area contributed by atoms with Gasteiger partial charge in [-0.1, -0.05) is 12.1 Å². The van der Waals surface area contributed by atoms with Crippen LogP contribution in [0.25, 0.3) is 10.8 Å². The van der Waals surface area contributed by atoms with Gasteiger partial charge >= 0.3 is 0 Å². The number of nitrogens with zero attached hydrogens (tertiary/aromatic N) is 2. The molecule has 1 N–H and O–H groups in total. The molecule has 4 aliphatic carbocycles. The lowest BCUT2D eigenvalue weighted by Crippen LogP contribution is -2.47. The highest BCUT2D eigenvalue weighted by Gasteiger charge is 2.51. The maximum absolute atomic E-state index is 13.3. The Hall–Kier alpha value is -2.95. The van der Waals surface area contributed by atoms with E-state index in [0.717, 1.165) is 34.4 Å². The van der Waals surface area contributed by atoms with E-state index in [1.54, 1.807) is 17.0 Å². The first kappa shape index (κ1) is 20.6. The largest absolute Gasteiger partial charge is 0.325 e. The number of anilines is 1. The van der Waals surface area contributed by atoms with Gasteiger partial charge in [0.2, 0.25) is 5.91 Å². The van der Waals surface area contributed by atoms with E-state index in [4.69, 9.17) is 0 Å². The Kier molecular flexibility index (Phi) is 4.89. The Labute approximate surface area is 194 Å². The summed E-state index contributed by atoms with van der Waals surface area (Å²) >= 11 is 0. The summed E-state index contributed by atoms with van der Waals surface area (Å²) in [6, 6.07) is 11.3. The van der Waals surface area contributed by atoms with Crippen molar-refractivity contribution in [1.29, 1.82) is 0 Å². The third kappa shape index (κ3) is 3.68. The molecule has 5 heteroatoms. The second-order valence-electron chi connectivity index (χ2n) is 10.9. The van der Waals surface area contributed by atoms with Gasteiger partial charge in [-0.25, -0.2) is 0 Å². The Morgan fingerprint density at radius 3 is 2.45 bits per heavy atom. The number of rotatable bonds is 5. The fraction of sp³-hybridized carbons (Fsp3) is 0.464. The van der Waals surface area contributed by atoms with E-state index in [9.17, 15) is 9.59 Å². The van der Waals surface area contributed by atoms with Crippen molar-refractivity contribution in [2.24, 2.45) is 23.2 Å². The summed E-state index contributed by atoms with van der Waals surface area (Å²) in [5.41, 5.74) is 1.87. The summed E-state index contributed by atoms with van der Waals surface area (Å²) in [4.78, 5) is 30.7. The van der Waals surface area contributed by atoms with E-state index in [-0.39, 0.29) is 22.9 Å². The van der Waals surface area contributed by atoms with Gasteiger partial charge in [0.1, 0.15) is 0 Å². The minimum atomic E-state index is -0.120. The molecule has 1 atom stereocenters. The van der Waals surface area contributed by atoms with Crippen molar-refractivity contribution in [2.75, 3.05) is 5.32 Å². The van der Waals surface area contributed by atoms with Crippen LogP contribution in [0.5, 0.6) is 0 Å². The molecule has 1 amide bonds. The lowest BCUT2D eigenvalue weighted by atomic mass is 9.49. The summed E-state index contributed by atoms with van der Waals surface area (Å²) in [6.45, 7) is 2.00. The molecular weight excluding hydrogens is 410 g/mol. The molecule has 7 rings (SSSR count). The zero-order chi connectivity index (χ0) is 22.6. The van der Waals surface area contributed by atoms with E-state index in [0.29, 0.717) is 11.8 Å². The van der Waals surface area contributed by atoms with Crippen LogP contribution < -0.4 is 10.9 Å². The molecule has 1 unspecified atom stereocenters. The molecule has 4 saturated carbocycles. The fourth-order valence-electron chi connectivity index (χ4n) is 7.53. The summed E-state index contributed by atoms with van der Waals surface area (Å²) in [5, 5.41) is 4.60. The number of amides is 1. The van der Waals surface area contributed by atoms with Crippen LogP contribution in [0.4, 0.5) is 5.69 Å².